The van der Waals surface area contributed by atoms with Crippen LogP contribution in [-0.4, -0.2) is 36.8 Å². The first-order valence-electron chi connectivity index (χ1n) is 11.1. The molecule has 0 aliphatic heterocycles. The van der Waals surface area contributed by atoms with Crippen molar-refractivity contribution in [1.29, 1.82) is 0 Å². The SMILES string of the molecule is CCCCCCn1c(C(C)NC(=O)c2cc(OC)c(OC)c(OC)c2)nc2ccccc21. The zero-order valence-electron chi connectivity index (χ0n) is 19.6. The van der Waals surface area contributed by atoms with Crippen LogP contribution in [-0.2, 0) is 6.54 Å². The fourth-order valence-corrected chi connectivity index (χ4v) is 3.91. The zero-order valence-corrected chi connectivity index (χ0v) is 19.6. The van der Waals surface area contributed by atoms with Crippen LogP contribution in [0.5, 0.6) is 17.2 Å². The molecular formula is C25H33N3O4. The summed E-state index contributed by atoms with van der Waals surface area (Å²) in [6, 6.07) is 11.1. The Morgan fingerprint density at radius 2 is 1.72 bits per heavy atom. The molecule has 3 aromatic rings. The normalized spacial score (nSPS) is 11.9. The minimum atomic E-state index is -0.278. The number of nitrogens with zero attached hydrogens (tertiary/aromatic N) is 2. The van der Waals surface area contributed by atoms with E-state index in [4.69, 9.17) is 19.2 Å². The summed E-state index contributed by atoms with van der Waals surface area (Å²) in [7, 11) is 4.60. The van der Waals surface area contributed by atoms with Gasteiger partial charge < -0.3 is 24.1 Å². The smallest absolute Gasteiger partial charge is 0.252 e. The molecule has 0 aliphatic carbocycles. The fraction of sp³-hybridized carbons (Fsp3) is 0.440. The molecule has 7 nitrogen and oxygen atoms in total. The van der Waals surface area contributed by atoms with Gasteiger partial charge in [0.1, 0.15) is 5.82 Å². The number of imidazole rings is 1. The number of methoxy groups -OCH3 is 3. The second-order valence-electron chi connectivity index (χ2n) is 7.78. The molecule has 1 amide bonds. The Kier molecular flexibility index (Phi) is 7.98. The Bertz CT molecular complexity index is 1040. The van der Waals surface area contributed by atoms with E-state index in [0.717, 1.165) is 29.8 Å². The van der Waals surface area contributed by atoms with Crippen LogP contribution in [0.2, 0.25) is 0 Å². The molecular weight excluding hydrogens is 406 g/mol. The maximum Gasteiger partial charge on any atom is 0.252 e. The number of rotatable bonds is 11. The van der Waals surface area contributed by atoms with Crippen molar-refractivity contribution in [2.75, 3.05) is 21.3 Å². The van der Waals surface area contributed by atoms with Crippen molar-refractivity contribution in [3.8, 4) is 17.2 Å². The van der Waals surface area contributed by atoms with Gasteiger partial charge in [-0.25, -0.2) is 4.98 Å². The van der Waals surface area contributed by atoms with Crippen LogP contribution in [0, 0.1) is 0 Å². The summed E-state index contributed by atoms with van der Waals surface area (Å²) in [5, 5.41) is 3.08. The number of hydrogen-bond acceptors (Lipinski definition) is 5. The summed E-state index contributed by atoms with van der Waals surface area (Å²) in [6.07, 6.45) is 4.66. The molecule has 0 aliphatic rings. The zero-order chi connectivity index (χ0) is 23.1. The third kappa shape index (κ3) is 4.98. The van der Waals surface area contributed by atoms with E-state index in [1.165, 1.54) is 40.6 Å². The highest BCUT2D eigenvalue weighted by atomic mass is 16.5. The van der Waals surface area contributed by atoms with Gasteiger partial charge in [-0.3, -0.25) is 4.79 Å². The quantitative estimate of drug-likeness (QED) is 0.419. The number of amides is 1. The van der Waals surface area contributed by atoms with Crippen LogP contribution in [0.3, 0.4) is 0 Å². The fourth-order valence-electron chi connectivity index (χ4n) is 3.91. The number of unbranched alkanes of at least 4 members (excludes halogenated alkanes) is 3. The van der Waals surface area contributed by atoms with Gasteiger partial charge in [-0.1, -0.05) is 38.3 Å². The topological polar surface area (TPSA) is 74.6 Å². The maximum absolute atomic E-state index is 13.1. The van der Waals surface area contributed by atoms with Crippen molar-refractivity contribution in [2.24, 2.45) is 0 Å². The molecule has 2 aromatic carbocycles. The number of ether oxygens (including phenoxy) is 3. The summed E-state index contributed by atoms with van der Waals surface area (Å²) in [5.74, 6) is 1.94. The summed E-state index contributed by atoms with van der Waals surface area (Å²) in [6.45, 7) is 5.04. The number of carbonyl (C=O) groups is 1. The average Bonchev–Trinajstić information content (AvgIpc) is 3.19. The summed E-state index contributed by atoms with van der Waals surface area (Å²) < 4.78 is 18.3. The first-order valence-corrected chi connectivity index (χ1v) is 11.1. The molecule has 1 aromatic heterocycles. The average molecular weight is 440 g/mol. The van der Waals surface area contributed by atoms with Crippen LogP contribution in [0.25, 0.3) is 11.0 Å². The van der Waals surface area contributed by atoms with Gasteiger partial charge in [0, 0.05) is 12.1 Å². The number of aryl methyl sites for hydroxylation is 1. The van der Waals surface area contributed by atoms with E-state index in [0.29, 0.717) is 22.8 Å². The number of fused-ring (bicyclic) bond motifs is 1. The largest absolute Gasteiger partial charge is 0.493 e. The van der Waals surface area contributed by atoms with E-state index in [1.807, 2.05) is 25.1 Å². The molecule has 1 heterocycles. The molecule has 32 heavy (non-hydrogen) atoms. The lowest BCUT2D eigenvalue weighted by Crippen LogP contribution is -2.29. The Labute approximate surface area is 189 Å². The minimum absolute atomic E-state index is 0.235. The van der Waals surface area contributed by atoms with Crippen LogP contribution in [0.4, 0.5) is 0 Å². The lowest BCUT2D eigenvalue weighted by molar-refractivity contribution is 0.0937. The van der Waals surface area contributed by atoms with E-state index in [1.54, 1.807) is 12.1 Å². The third-order valence-electron chi connectivity index (χ3n) is 5.58. The van der Waals surface area contributed by atoms with Gasteiger partial charge in [-0.2, -0.15) is 0 Å². The Morgan fingerprint density at radius 3 is 2.34 bits per heavy atom. The lowest BCUT2D eigenvalue weighted by atomic mass is 10.1. The van der Waals surface area contributed by atoms with Crippen LogP contribution >= 0.6 is 0 Å². The minimum Gasteiger partial charge on any atom is -0.493 e. The Hall–Kier alpha value is -3.22. The maximum atomic E-state index is 13.1. The van der Waals surface area contributed by atoms with Gasteiger partial charge in [0.2, 0.25) is 5.75 Å². The van der Waals surface area contributed by atoms with Crippen molar-refractivity contribution in [2.45, 2.75) is 52.1 Å². The summed E-state index contributed by atoms with van der Waals surface area (Å²) >= 11 is 0. The van der Waals surface area contributed by atoms with E-state index < -0.39 is 0 Å². The number of nitrogens with one attached hydrogen (secondary N) is 1. The summed E-state index contributed by atoms with van der Waals surface area (Å²) in [5.41, 5.74) is 2.46. The lowest BCUT2D eigenvalue weighted by Gasteiger charge is -2.18. The Balaban J connectivity index is 1.86. The van der Waals surface area contributed by atoms with E-state index in [2.05, 4.69) is 22.9 Å². The molecule has 1 N–H and O–H groups in total. The molecule has 3 rings (SSSR count). The third-order valence-corrected chi connectivity index (χ3v) is 5.58. The molecule has 172 valence electrons. The molecule has 1 unspecified atom stereocenters. The summed E-state index contributed by atoms with van der Waals surface area (Å²) in [4.78, 5) is 17.9. The van der Waals surface area contributed by atoms with Gasteiger partial charge in [0.25, 0.3) is 5.91 Å². The van der Waals surface area contributed by atoms with Crippen LogP contribution < -0.4 is 19.5 Å². The number of aromatic nitrogens is 2. The molecule has 1 atom stereocenters. The van der Waals surface area contributed by atoms with Gasteiger partial charge >= 0.3 is 0 Å². The van der Waals surface area contributed by atoms with Crippen molar-refractivity contribution >= 4 is 16.9 Å². The predicted molar refractivity (Wildman–Crippen MR) is 126 cm³/mol. The van der Waals surface area contributed by atoms with Crippen molar-refractivity contribution in [3.63, 3.8) is 0 Å². The highest BCUT2D eigenvalue weighted by Crippen LogP contribution is 2.38. The molecule has 0 saturated heterocycles. The number of para-hydroxylation sites is 2. The molecule has 0 spiro atoms. The molecule has 0 fully saturated rings. The first-order chi connectivity index (χ1) is 15.5. The van der Waals surface area contributed by atoms with Crippen LogP contribution in [0.1, 0.15) is 61.8 Å². The van der Waals surface area contributed by atoms with Gasteiger partial charge in [-0.15, -0.1) is 0 Å². The van der Waals surface area contributed by atoms with Gasteiger partial charge in [0.05, 0.1) is 38.4 Å². The molecule has 0 saturated carbocycles. The first kappa shape index (κ1) is 23.4. The van der Waals surface area contributed by atoms with E-state index >= 15 is 0 Å². The number of carbonyl (C=O) groups excluding carboxylic acids is 1. The van der Waals surface area contributed by atoms with E-state index in [9.17, 15) is 4.79 Å². The highest BCUT2D eigenvalue weighted by Gasteiger charge is 2.21. The molecule has 7 heteroatoms. The monoisotopic (exact) mass is 439 g/mol. The van der Waals surface area contributed by atoms with Crippen molar-refractivity contribution < 1.29 is 19.0 Å². The number of hydrogen-bond donors (Lipinski definition) is 1. The van der Waals surface area contributed by atoms with Gasteiger partial charge in [-0.05, 0) is 37.6 Å². The highest BCUT2D eigenvalue weighted by molar-refractivity contribution is 5.96. The van der Waals surface area contributed by atoms with Crippen molar-refractivity contribution in [1.82, 2.24) is 14.9 Å². The van der Waals surface area contributed by atoms with Gasteiger partial charge in [0.15, 0.2) is 11.5 Å². The molecule has 0 radical (unpaired) electrons. The van der Waals surface area contributed by atoms with Crippen molar-refractivity contribution in [3.05, 3.63) is 47.8 Å². The second kappa shape index (κ2) is 10.9. The number of benzene rings is 2. The Morgan fingerprint density at radius 1 is 1.03 bits per heavy atom. The molecule has 0 bridgehead atoms. The standard InChI is InChI=1S/C25H33N3O4/c1-6-7-8-11-14-28-20-13-10-9-12-19(20)27-24(28)17(2)26-25(29)18-15-21(30-3)23(32-5)22(16-18)31-4/h9-10,12-13,15-17H,6-8,11,14H2,1-5H3,(H,26,29). The predicted octanol–water partition coefficient (Wildman–Crippen LogP) is 5.13. The second-order valence-corrected chi connectivity index (χ2v) is 7.78. The van der Waals surface area contributed by atoms with Crippen LogP contribution in [0.15, 0.2) is 36.4 Å². The van der Waals surface area contributed by atoms with E-state index in [-0.39, 0.29) is 11.9 Å².